The van der Waals surface area contributed by atoms with Gasteiger partial charge in [-0.05, 0) is 35.9 Å². The Morgan fingerprint density at radius 3 is 2.36 bits per heavy atom. The van der Waals surface area contributed by atoms with Crippen molar-refractivity contribution >= 4 is 11.6 Å². The van der Waals surface area contributed by atoms with Crippen LogP contribution in [-0.2, 0) is 17.9 Å². The third-order valence-electron chi connectivity index (χ3n) is 4.22. The van der Waals surface area contributed by atoms with E-state index in [2.05, 4.69) is 10.6 Å². The quantitative estimate of drug-likeness (QED) is 0.593. The number of nitrogens with one attached hydrogen (secondary N) is 2. The number of rotatable bonds is 9. The van der Waals surface area contributed by atoms with E-state index < -0.39 is 0 Å². The van der Waals surface area contributed by atoms with Crippen molar-refractivity contribution in [3.8, 4) is 11.5 Å². The van der Waals surface area contributed by atoms with Gasteiger partial charge in [0.05, 0.1) is 13.7 Å². The van der Waals surface area contributed by atoms with Crippen LogP contribution < -0.4 is 20.1 Å². The molecular weight excluding hydrogens is 352 g/mol. The van der Waals surface area contributed by atoms with Crippen LogP contribution in [0.1, 0.15) is 11.1 Å². The Balaban J connectivity index is 1.42. The summed E-state index contributed by atoms with van der Waals surface area (Å²) in [5.74, 6) is 1.46. The molecule has 0 fully saturated rings. The van der Waals surface area contributed by atoms with E-state index in [1.807, 2.05) is 78.9 Å². The smallest absolute Gasteiger partial charge is 0.239 e. The zero-order valence-electron chi connectivity index (χ0n) is 15.9. The average molecular weight is 376 g/mol. The van der Waals surface area contributed by atoms with Crippen LogP contribution in [0.2, 0.25) is 0 Å². The molecule has 3 rings (SSSR count). The average Bonchev–Trinajstić information content (AvgIpc) is 2.76. The highest BCUT2D eigenvalue weighted by Crippen LogP contribution is 2.18. The van der Waals surface area contributed by atoms with Gasteiger partial charge in [0.25, 0.3) is 0 Å². The first-order valence-corrected chi connectivity index (χ1v) is 9.14. The summed E-state index contributed by atoms with van der Waals surface area (Å²) in [6.45, 7) is 1.15. The Morgan fingerprint density at radius 1 is 0.893 bits per heavy atom. The molecule has 144 valence electrons. The Morgan fingerprint density at radius 2 is 1.61 bits per heavy atom. The first kappa shape index (κ1) is 19.3. The van der Waals surface area contributed by atoms with Crippen LogP contribution in [-0.4, -0.2) is 19.6 Å². The van der Waals surface area contributed by atoms with Crippen LogP contribution >= 0.6 is 0 Å². The van der Waals surface area contributed by atoms with E-state index in [-0.39, 0.29) is 12.5 Å². The number of ether oxygens (including phenoxy) is 2. The molecule has 2 N–H and O–H groups in total. The first-order valence-electron chi connectivity index (χ1n) is 9.14. The van der Waals surface area contributed by atoms with Gasteiger partial charge in [0.1, 0.15) is 18.1 Å². The fourth-order valence-corrected chi connectivity index (χ4v) is 2.70. The summed E-state index contributed by atoms with van der Waals surface area (Å²) < 4.78 is 11.1. The molecule has 0 bridgehead atoms. The Bertz CT molecular complexity index is 880. The fourth-order valence-electron chi connectivity index (χ4n) is 2.70. The van der Waals surface area contributed by atoms with Crippen molar-refractivity contribution in [1.29, 1.82) is 0 Å². The van der Waals surface area contributed by atoms with Crippen molar-refractivity contribution in [2.24, 2.45) is 0 Å². The number of carbonyl (C=O) groups is 1. The van der Waals surface area contributed by atoms with Gasteiger partial charge in [-0.1, -0.05) is 48.5 Å². The molecule has 1 amide bonds. The van der Waals surface area contributed by atoms with Crippen molar-refractivity contribution < 1.29 is 14.3 Å². The predicted molar refractivity (Wildman–Crippen MR) is 111 cm³/mol. The fraction of sp³-hybridized carbons (Fsp3) is 0.174. The van der Waals surface area contributed by atoms with E-state index >= 15 is 0 Å². The van der Waals surface area contributed by atoms with Crippen LogP contribution in [0.15, 0.2) is 78.9 Å². The summed E-state index contributed by atoms with van der Waals surface area (Å²) in [4.78, 5) is 12.1. The van der Waals surface area contributed by atoms with Crippen molar-refractivity contribution in [2.45, 2.75) is 13.2 Å². The van der Waals surface area contributed by atoms with E-state index in [0.717, 1.165) is 28.3 Å². The second-order valence-electron chi connectivity index (χ2n) is 6.24. The SMILES string of the molecule is COc1ccccc1CNC(=O)CNc1ccc(OCc2ccccc2)cc1. The molecule has 0 atom stereocenters. The lowest BCUT2D eigenvalue weighted by molar-refractivity contribution is -0.119. The van der Waals surface area contributed by atoms with E-state index in [1.165, 1.54) is 0 Å². The largest absolute Gasteiger partial charge is 0.496 e. The van der Waals surface area contributed by atoms with Gasteiger partial charge in [0.15, 0.2) is 0 Å². The maximum absolute atomic E-state index is 12.1. The predicted octanol–water partition coefficient (Wildman–Crippen LogP) is 4.00. The van der Waals surface area contributed by atoms with E-state index in [9.17, 15) is 4.79 Å². The molecule has 3 aromatic rings. The normalized spacial score (nSPS) is 10.2. The monoisotopic (exact) mass is 376 g/mol. The van der Waals surface area contributed by atoms with Crippen molar-refractivity contribution in [3.05, 3.63) is 90.0 Å². The van der Waals surface area contributed by atoms with E-state index in [4.69, 9.17) is 9.47 Å². The van der Waals surface area contributed by atoms with Crippen LogP contribution in [0.3, 0.4) is 0 Å². The number of anilines is 1. The number of methoxy groups -OCH3 is 1. The van der Waals surface area contributed by atoms with Gasteiger partial charge in [0.2, 0.25) is 5.91 Å². The third kappa shape index (κ3) is 5.77. The number of amides is 1. The Labute approximate surface area is 165 Å². The van der Waals surface area contributed by atoms with Crippen LogP contribution in [0.25, 0.3) is 0 Å². The molecule has 5 heteroatoms. The maximum Gasteiger partial charge on any atom is 0.239 e. The van der Waals surface area contributed by atoms with Gasteiger partial charge in [-0.25, -0.2) is 0 Å². The second-order valence-corrected chi connectivity index (χ2v) is 6.24. The number of carbonyl (C=O) groups excluding carboxylic acids is 1. The minimum atomic E-state index is -0.0877. The zero-order valence-corrected chi connectivity index (χ0v) is 15.9. The lowest BCUT2D eigenvalue weighted by Crippen LogP contribution is -2.29. The summed E-state index contributed by atoms with van der Waals surface area (Å²) in [7, 11) is 1.62. The first-order chi connectivity index (χ1) is 13.7. The Hall–Kier alpha value is -3.47. The van der Waals surface area contributed by atoms with Crippen LogP contribution in [0.5, 0.6) is 11.5 Å². The van der Waals surface area contributed by atoms with Crippen LogP contribution in [0.4, 0.5) is 5.69 Å². The van der Waals surface area contributed by atoms with Gasteiger partial charge >= 0.3 is 0 Å². The van der Waals surface area contributed by atoms with E-state index in [1.54, 1.807) is 7.11 Å². The number of benzene rings is 3. The molecule has 3 aromatic carbocycles. The van der Waals surface area contributed by atoms with Crippen molar-refractivity contribution in [3.63, 3.8) is 0 Å². The molecule has 0 aliphatic heterocycles. The minimum absolute atomic E-state index is 0.0877. The molecule has 0 aromatic heterocycles. The highest BCUT2D eigenvalue weighted by molar-refractivity contribution is 5.80. The summed E-state index contributed by atoms with van der Waals surface area (Å²) in [6.07, 6.45) is 0. The Kier molecular flexibility index (Phi) is 6.90. The molecular formula is C23H24N2O3. The van der Waals surface area contributed by atoms with Gasteiger partial charge in [0, 0.05) is 17.8 Å². The molecule has 0 saturated carbocycles. The lowest BCUT2D eigenvalue weighted by atomic mass is 10.2. The molecule has 0 aliphatic carbocycles. The number of para-hydroxylation sites is 1. The molecule has 0 radical (unpaired) electrons. The third-order valence-corrected chi connectivity index (χ3v) is 4.22. The van der Waals surface area contributed by atoms with Gasteiger partial charge in [-0.3, -0.25) is 4.79 Å². The number of hydrogen-bond acceptors (Lipinski definition) is 4. The molecule has 0 heterocycles. The summed E-state index contributed by atoms with van der Waals surface area (Å²) in [5.41, 5.74) is 2.93. The van der Waals surface area contributed by atoms with Gasteiger partial charge < -0.3 is 20.1 Å². The highest BCUT2D eigenvalue weighted by atomic mass is 16.5. The van der Waals surface area contributed by atoms with Crippen molar-refractivity contribution in [2.75, 3.05) is 19.0 Å². The molecule has 0 unspecified atom stereocenters. The molecule has 5 nitrogen and oxygen atoms in total. The molecule has 0 spiro atoms. The second kappa shape index (κ2) is 10.0. The topological polar surface area (TPSA) is 59.6 Å². The minimum Gasteiger partial charge on any atom is -0.496 e. The van der Waals surface area contributed by atoms with Gasteiger partial charge in [-0.15, -0.1) is 0 Å². The zero-order chi connectivity index (χ0) is 19.6. The maximum atomic E-state index is 12.1. The summed E-state index contributed by atoms with van der Waals surface area (Å²) in [6, 6.07) is 25.2. The molecule has 0 aliphatic rings. The molecule has 0 saturated heterocycles. The van der Waals surface area contributed by atoms with Gasteiger partial charge in [-0.2, -0.15) is 0 Å². The van der Waals surface area contributed by atoms with Crippen molar-refractivity contribution in [1.82, 2.24) is 5.32 Å². The highest BCUT2D eigenvalue weighted by Gasteiger charge is 2.05. The standard InChI is InChI=1S/C23H24N2O3/c1-27-22-10-6-5-9-19(22)15-25-23(26)16-24-20-11-13-21(14-12-20)28-17-18-7-3-2-4-8-18/h2-14,24H,15-17H2,1H3,(H,25,26). The van der Waals surface area contributed by atoms with E-state index in [0.29, 0.717) is 13.2 Å². The van der Waals surface area contributed by atoms with Crippen LogP contribution in [0, 0.1) is 0 Å². The summed E-state index contributed by atoms with van der Waals surface area (Å²) in [5, 5.41) is 6.00. The lowest BCUT2D eigenvalue weighted by Gasteiger charge is -2.11. The summed E-state index contributed by atoms with van der Waals surface area (Å²) >= 11 is 0. The number of hydrogen-bond donors (Lipinski definition) is 2. The molecule has 28 heavy (non-hydrogen) atoms.